The van der Waals surface area contributed by atoms with Crippen LogP contribution in [-0.4, -0.2) is 33.9 Å². The van der Waals surface area contributed by atoms with Crippen molar-refractivity contribution in [2.45, 2.75) is 33.2 Å². The Hall–Kier alpha value is -2.21. The number of imidazole rings is 1. The van der Waals surface area contributed by atoms with Crippen LogP contribution in [0, 0.1) is 18.7 Å². The number of piperidine rings is 1. The Kier molecular flexibility index (Phi) is 4.94. The summed E-state index contributed by atoms with van der Waals surface area (Å²) in [6.07, 6.45) is 5.71. The number of anilines is 1. The van der Waals surface area contributed by atoms with Gasteiger partial charge in [-0.1, -0.05) is 19.1 Å². The molecule has 1 aliphatic rings. The second-order valence-electron chi connectivity index (χ2n) is 6.64. The van der Waals surface area contributed by atoms with E-state index in [1.165, 1.54) is 23.6 Å². The molecule has 0 bridgehead atoms. The van der Waals surface area contributed by atoms with E-state index in [9.17, 15) is 4.39 Å². The first kappa shape index (κ1) is 16.6. The second kappa shape index (κ2) is 7.13. The molecule has 0 spiro atoms. The molecule has 2 aromatic rings. The van der Waals surface area contributed by atoms with Crippen molar-refractivity contribution >= 4 is 12.2 Å². The van der Waals surface area contributed by atoms with Gasteiger partial charge in [0, 0.05) is 12.1 Å². The molecule has 3 rings (SSSR count). The minimum atomic E-state index is -0.188. The number of halogens is 1. The Morgan fingerprint density at radius 1 is 1.38 bits per heavy atom. The number of aromatic nitrogens is 2. The fourth-order valence-corrected chi connectivity index (χ4v) is 2.96. The molecular formula is C18H24FN5. The zero-order valence-corrected chi connectivity index (χ0v) is 14.2. The molecular weight excluding hydrogens is 305 g/mol. The molecule has 24 heavy (non-hydrogen) atoms. The van der Waals surface area contributed by atoms with Gasteiger partial charge in [0.05, 0.1) is 18.1 Å². The van der Waals surface area contributed by atoms with Crippen LogP contribution in [0.3, 0.4) is 0 Å². The number of nitrogen functional groups attached to an aromatic ring is 1. The van der Waals surface area contributed by atoms with E-state index in [0.717, 1.165) is 30.3 Å². The zero-order chi connectivity index (χ0) is 17.1. The minimum absolute atomic E-state index is 0.188. The average Bonchev–Trinajstić information content (AvgIpc) is 2.87. The molecule has 128 valence electrons. The Balaban J connectivity index is 1.67. The summed E-state index contributed by atoms with van der Waals surface area (Å²) in [7, 11) is 0. The van der Waals surface area contributed by atoms with Gasteiger partial charge in [0.2, 0.25) is 5.95 Å². The topological polar surface area (TPSA) is 59.4 Å². The highest BCUT2D eigenvalue weighted by Crippen LogP contribution is 2.19. The molecule has 0 atom stereocenters. The highest BCUT2D eigenvalue weighted by molar-refractivity contribution is 5.79. The third kappa shape index (κ3) is 4.00. The molecule has 0 amide bonds. The summed E-state index contributed by atoms with van der Waals surface area (Å²) in [5.74, 6) is 0.913. The number of benzene rings is 1. The molecule has 1 aromatic heterocycles. The van der Waals surface area contributed by atoms with E-state index < -0.39 is 0 Å². The lowest BCUT2D eigenvalue weighted by molar-refractivity contribution is 0.183. The fourth-order valence-electron chi connectivity index (χ4n) is 2.96. The lowest BCUT2D eigenvalue weighted by atomic mass is 9.98. The Morgan fingerprint density at radius 2 is 2.12 bits per heavy atom. The monoisotopic (exact) mass is 329 g/mol. The van der Waals surface area contributed by atoms with E-state index in [1.807, 2.05) is 19.1 Å². The number of rotatable bonds is 4. The van der Waals surface area contributed by atoms with Crippen LogP contribution >= 0.6 is 0 Å². The summed E-state index contributed by atoms with van der Waals surface area (Å²) in [5, 5.41) is 4.22. The van der Waals surface area contributed by atoms with Crippen LogP contribution < -0.4 is 5.73 Å². The van der Waals surface area contributed by atoms with Crippen molar-refractivity contribution < 1.29 is 4.39 Å². The van der Waals surface area contributed by atoms with Gasteiger partial charge in [-0.05, 0) is 50.4 Å². The van der Waals surface area contributed by atoms with Crippen LogP contribution in [0.1, 0.15) is 36.6 Å². The van der Waals surface area contributed by atoms with Gasteiger partial charge < -0.3 is 5.73 Å². The predicted molar refractivity (Wildman–Crippen MR) is 94.4 cm³/mol. The van der Waals surface area contributed by atoms with Gasteiger partial charge in [-0.2, -0.15) is 5.10 Å². The molecule has 1 saturated heterocycles. The van der Waals surface area contributed by atoms with Gasteiger partial charge in [-0.25, -0.2) is 14.1 Å². The zero-order valence-electron chi connectivity index (χ0n) is 14.2. The first-order valence-corrected chi connectivity index (χ1v) is 8.38. The van der Waals surface area contributed by atoms with E-state index in [-0.39, 0.29) is 5.82 Å². The van der Waals surface area contributed by atoms with Crippen molar-refractivity contribution in [3.05, 3.63) is 47.0 Å². The summed E-state index contributed by atoms with van der Waals surface area (Å²) in [4.78, 5) is 6.39. The molecule has 2 N–H and O–H groups in total. The third-order valence-electron chi connectivity index (χ3n) is 4.51. The quantitative estimate of drug-likeness (QED) is 0.877. The molecule has 0 saturated carbocycles. The summed E-state index contributed by atoms with van der Waals surface area (Å²) >= 11 is 0. The summed E-state index contributed by atoms with van der Waals surface area (Å²) in [6.45, 7) is 6.88. The molecule has 1 aromatic carbocycles. The van der Waals surface area contributed by atoms with Gasteiger partial charge in [0.1, 0.15) is 5.82 Å². The average molecular weight is 329 g/mol. The molecule has 0 aliphatic carbocycles. The van der Waals surface area contributed by atoms with Gasteiger partial charge in [0.25, 0.3) is 0 Å². The normalized spacial score (nSPS) is 17.0. The van der Waals surface area contributed by atoms with E-state index in [4.69, 9.17) is 5.73 Å². The van der Waals surface area contributed by atoms with E-state index in [1.54, 1.807) is 12.4 Å². The standard InChI is InChI=1S/C18H24FN5/c1-13-5-7-23(8-6-13)12-16-4-3-15(9-17(16)19)10-21-24-11-14(2)22-18(24)20/h3-4,9-11,13H,5-8,12H2,1-2H3,(H2,20,22). The van der Waals surface area contributed by atoms with Gasteiger partial charge in [-0.3, -0.25) is 4.90 Å². The fraction of sp³-hybridized carbons (Fsp3) is 0.444. The van der Waals surface area contributed by atoms with Crippen LogP contribution in [0.15, 0.2) is 29.5 Å². The molecule has 5 nitrogen and oxygen atoms in total. The predicted octanol–water partition coefficient (Wildman–Crippen LogP) is 3.03. The summed E-state index contributed by atoms with van der Waals surface area (Å²) in [6, 6.07) is 5.25. The van der Waals surface area contributed by atoms with Crippen molar-refractivity contribution in [2.24, 2.45) is 11.0 Å². The van der Waals surface area contributed by atoms with Gasteiger partial charge in [0.15, 0.2) is 0 Å². The number of nitrogens with two attached hydrogens (primary N) is 1. The molecule has 6 heteroatoms. The SMILES string of the molecule is Cc1cn(N=Cc2ccc(CN3CCC(C)CC3)c(F)c2)c(N)n1. The van der Waals surface area contributed by atoms with Gasteiger partial charge >= 0.3 is 0 Å². The highest BCUT2D eigenvalue weighted by atomic mass is 19.1. The Morgan fingerprint density at radius 3 is 2.75 bits per heavy atom. The smallest absolute Gasteiger partial charge is 0.221 e. The lowest BCUT2D eigenvalue weighted by Gasteiger charge is -2.30. The van der Waals surface area contributed by atoms with Crippen LogP contribution in [0.2, 0.25) is 0 Å². The maximum absolute atomic E-state index is 14.4. The van der Waals surface area contributed by atoms with Crippen LogP contribution in [0.4, 0.5) is 10.3 Å². The maximum atomic E-state index is 14.4. The van der Waals surface area contributed by atoms with Crippen molar-refractivity contribution in [2.75, 3.05) is 18.8 Å². The van der Waals surface area contributed by atoms with Crippen LogP contribution in [-0.2, 0) is 6.54 Å². The van der Waals surface area contributed by atoms with Crippen LogP contribution in [0.25, 0.3) is 0 Å². The lowest BCUT2D eigenvalue weighted by Crippen LogP contribution is -2.32. The number of nitrogens with zero attached hydrogens (tertiary/aromatic N) is 4. The first-order chi connectivity index (χ1) is 11.5. The molecule has 1 fully saturated rings. The molecule has 2 heterocycles. The molecule has 0 unspecified atom stereocenters. The van der Waals surface area contributed by atoms with E-state index in [2.05, 4.69) is 21.9 Å². The van der Waals surface area contributed by atoms with E-state index in [0.29, 0.717) is 18.1 Å². The number of likely N-dealkylation sites (tertiary alicyclic amines) is 1. The number of hydrogen-bond acceptors (Lipinski definition) is 4. The number of aryl methyl sites for hydroxylation is 1. The first-order valence-electron chi connectivity index (χ1n) is 8.38. The van der Waals surface area contributed by atoms with Crippen molar-refractivity contribution in [1.29, 1.82) is 0 Å². The van der Waals surface area contributed by atoms with Crippen molar-refractivity contribution in [3.63, 3.8) is 0 Å². The Bertz CT molecular complexity index is 729. The third-order valence-corrected chi connectivity index (χ3v) is 4.51. The van der Waals surface area contributed by atoms with Crippen molar-refractivity contribution in [3.8, 4) is 0 Å². The highest BCUT2D eigenvalue weighted by Gasteiger charge is 2.17. The maximum Gasteiger partial charge on any atom is 0.221 e. The van der Waals surface area contributed by atoms with Crippen LogP contribution in [0.5, 0.6) is 0 Å². The summed E-state index contributed by atoms with van der Waals surface area (Å²) in [5.41, 5.74) is 7.96. The Labute approximate surface area is 142 Å². The summed E-state index contributed by atoms with van der Waals surface area (Å²) < 4.78 is 15.8. The molecule has 0 radical (unpaired) electrons. The largest absolute Gasteiger partial charge is 0.368 e. The number of hydrogen-bond donors (Lipinski definition) is 1. The van der Waals surface area contributed by atoms with Gasteiger partial charge in [-0.15, -0.1) is 0 Å². The minimum Gasteiger partial charge on any atom is -0.368 e. The molecule has 1 aliphatic heterocycles. The van der Waals surface area contributed by atoms with E-state index >= 15 is 0 Å². The van der Waals surface area contributed by atoms with Crippen molar-refractivity contribution in [1.82, 2.24) is 14.6 Å². The second-order valence-corrected chi connectivity index (χ2v) is 6.64.